The highest BCUT2D eigenvalue weighted by Crippen LogP contribution is 2.30. The molecule has 0 atom stereocenters. The number of ether oxygens (including phenoxy) is 1. The van der Waals surface area contributed by atoms with Crippen LogP contribution in [0.2, 0.25) is 0 Å². The molecule has 5 heteroatoms. The van der Waals surface area contributed by atoms with Crippen LogP contribution < -0.4 is 4.74 Å². The van der Waals surface area contributed by atoms with E-state index in [2.05, 4.69) is 27.5 Å². The van der Waals surface area contributed by atoms with Gasteiger partial charge in [-0.3, -0.25) is 0 Å². The molecule has 0 N–H and O–H groups in total. The lowest BCUT2D eigenvalue weighted by molar-refractivity contribution is 0.412. The number of aromatic nitrogens is 1. The molecule has 0 fully saturated rings. The summed E-state index contributed by atoms with van der Waals surface area (Å²) in [7, 11) is 1.41. The zero-order chi connectivity index (χ0) is 12.6. The maximum Gasteiger partial charge on any atom is 0.163 e. The van der Waals surface area contributed by atoms with Crippen molar-refractivity contribution in [3.8, 4) is 5.75 Å². The fraction of sp³-hybridized carbons (Fsp3) is 0.0833. The van der Waals surface area contributed by atoms with E-state index in [1.54, 1.807) is 0 Å². The highest BCUT2D eigenvalue weighted by molar-refractivity contribution is 9.10. The van der Waals surface area contributed by atoms with Crippen LogP contribution in [0.5, 0.6) is 5.75 Å². The van der Waals surface area contributed by atoms with E-state index < -0.39 is 11.6 Å². The van der Waals surface area contributed by atoms with Gasteiger partial charge in [0, 0.05) is 17.0 Å². The molecule has 0 aliphatic rings. The van der Waals surface area contributed by atoms with Gasteiger partial charge in [-0.15, -0.1) is 0 Å². The van der Waals surface area contributed by atoms with E-state index in [1.165, 1.54) is 25.3 Å². The Morgan fingerprint density at radius 2 is 2.12 bits per heavy atom. The molecule has 0 amide bonds. The van der Waals surface area contributed by atoms with E-state index in [9.17, 15) is 8.78 Å². The van der Waals surface area contributed by atoms with Crippen molar-refractivity contribution in [2.24, 2.45) is 0 Å². The first kappa shape index (κ1) is 12.0. The summed E-state index contributed by atoms with van der Waals surface area (Å²) in [4.78, 5) is 3.82. The lowest BCUT2D eigenvalue weighted by Gasteiger charge is -2.08. The second-order valence-electron chi connectivity index (χ2n) is 3.34. The molecular formula is C12H8BrF2NO. The molecule has 2 rings (SSSR count). The van der Waals surface area contributed by atoms with Crippen molar-refractivity contribution in [1.29, 1.82) is 0 Å². The highest BCUT2D eigenvalue weighted by atomic mass is 79.9. The summed E-state index contributed by atoms with van der Waals surface area (Å²) in [5.74, 6) is -0.829. The molecule has 1 aromatic heterocycles. The van der Waals surface area contributed by atoms with Crippen LogP contribution in [0.3, 0.4) is 0 Å². The van der Waals surface area contributed by atoms with Gasteiger partial charge in [-0.05, 0) is 22.0 Å². The molecule has 2 aromatic rings. The van der Waals surface area contributed by atoms with Crippen molar-refractivity contribution in [3.05, 3.63) is 40.5 Å². The summed E-state index contributed by atoms with van der Waals surface area (Å²) in [6.07, 6.45) is 1.32. The Hall–Kier alpha value is -1.49. The van der Waals surface area contributed by atoms with Gasteiger partial charge in [-0.1, -0.05) is 12.7 Å². The zero-order valence-electron chi connectivity index (χ0n) is 8.93. The number of halogens is 3. The van der Waals surface area contributed by atoms with E-state index >= 15 is 0 Å². The second-order valence-corrected chi connectivity index (χ2v) is 4.09. The normalized spacial score (nSPS) is 10.6. The number of hydrogen-bond acceptors (Lipinski definition) is 2. The molecule has 0 unspecified atom stereocenters. The van der Waals surface area contributed by atoms with Gasteiger partial charge in [-0.2, -0.15) is 0 Å². The van der Waals surface area contributed by atoms with E-state index in [4.69, 9.17) is 4.74 Å². The predicted molar refractivity (Wildman–Crippen MR) is 66.0 cm³/mol. The van der Waals surface area contributed by atoms with Crippen LogP contribution in [0, 0.1) is 11.6 Å². The second kappa shape index (κ2) is 4.41. The van der Waals surface area contributed by atoms with E-state index in [-0.39, 0.29) is 15.7 Å². The number of rotatable bonds is 2. The third-order valence-corrected chi connectivity index (χ3v) is 2.92. The van der Waals surface area contributed by atoms with Crippen molar-refractivity contribution in [2.75, 3.05) is 7.11 Å². The van der Waals surface area contributed by atoms with E-state index in [1.807, 2.05) is 0 Å². The summed E-state index contributed by atoms with van der Waals surface area (Å²) in [6.45, 7) is 3.52. The molecule has 0 radical (unpaired) electrons. The predicted octanol–water partition coefficient (Wildman–Crippen LogP) is 3.93. The zero-order valence-corrected chi connectivity index (χ0v) is 10.5. The quantitative estimate of drug-likeness (QED) is 0.784. The summed E-state index contributed by atoms with van der Waals surface area (Å²) >= 11 is 2.95. The summed E-state index contributed by atoms with van der Waals surface area (Å²) in [5.41, 5.74) is 0.272. The van der Waals surface area contributed by atoms with Crippen molar-refractivity contribution < 1.29 is 13.5 Å². The third kappa shape index (κ3) is 1.91. The number of benzene rings is 1. The average Bonchev–Trinajstić information content (AvgIpc) is 2.32. The van der Waals surface area contributed by atoms with E-state index in [0.717, 1.165) is 0 Å². The Kier molecular flexibility index (Phi) is 3.11. The maximum absolute atomic E-state index is 13.8. The van der Waals surface area contributed by atoms with Gasteiger partial charge in [-0.25, -0.2) is 13.8 Å². The molecule has 1 heterocycles. The van der Waals surface area contributed by atoms with Crippen LogP contribution in [0.25, 0.3) is 17.0 Å². The summed E-state index contributed by atoms with van der Waals surface area (Å²) < 4.78 is 32.4. The number of methoxy groups -OCH3 is 1. The van der Waals surface area contributed by atoms with Gasteiger partial charge in [0.1, 0.15) is 15.9 Å². The Morgan fingerprint density at radius 1 is 1.41 bits per heavy atom. The van der Waals surface area contributed by atoms with Crippen molar-refractivity contribution in [1.82, 2.24) is 4.98 Å². The SMILES string of the molecule is C=Cc1c(F)c(Br)nc2c(F)cc(OC)cc12. The van der Waals surface area contributed by atoms with Gasteiger partial charge in [0.05, 0.1) is 7.11 Å². The molecule has 17 heavy (non-hydrogen) atoms. The Labute approximate surface area is 105 Å². The first-order chi connectivity index (χ1) is 8.08. The summed E-state index contributed by atoms with van der Waals surface area (Å²) in [6, 6.07) is 2.73. The molecule has 88 valence electrons. The minimum absolute atomic E-state index is 0.0380. The molecule has 0 spiro atoms. The van der Waals surface area contributed by atoms with Crippen molar-refractivity contribution >= 4 is 32.9 Å². The van der Waals surface area contributed by atoms with Gasteiger partial charge in [0.25, 0.3) is 0 Å². The number of fused-ring (bicyclic) bond motifs is 1. The smallest absolute Gasteiger partial charge is 0.163 e. The van der Waals surface area contributed by atoms with Crippen LogP contribution >= 0.6 is 15.9 Å². The Bertz CT molecular complexity index is 613. The molecule has 0 saturated carbocycles. The van der Waals surface area contributed by atoms with Crippen LogP contribution in [0.4, 0.5) is 8.78 Å². The highest BCUT2D eigenvalue weighted by Gasteiger charge is 2.15. The average molecular weight is 300 g/mol. The van der Waals surface area contributed by atoms with Crippen LogP contribution in [0.1, 0.15) is 5.56 Å². The van der Waals surface area contributed by atoms with Crippen molar-refractivity contribution in [2.45, 2.75) is 0 Å². The number of pyridine rings is 1. The topological polar surface area (TPSA) is 22.1 Å². The Balaban J connectivity index is 2.95. The molecule has 0 bridgehead atoms. The number of hydrogen-bond donors (Lipinski definition) is 0. The van der Waals surface area contributed by atoms with Gasteiger partial charge in [0.15, 0.2) is 11.6 Å². The minimum atomic E-state index is -0.569. The maximum atomic E-state index is 13.8. The number of nitrogens with zero attached hydrogens (tertiary/aromatic N) is 1. The van der Waals surface area contributed by atoms with Crippen molar-refractivity contribution in [3.63, 3.8) is 0 Å². The van der Waals surface area contributed by atoms with Crippen LogP contribution in [-0.4, -0.2) is 12.1 Å². The van der Waals surface area contributed by atoms with Crippen LogP contribution in [-0.2, 0) is 0 Å². The minimum Gasteiger partial charge on any atom is -0.497 e. The monoisotopic (exact) mass is 299 g/mol. The molecule has 1 aromatic carbocycles. The Morgan fingerprint density at radius 3 is 2.71 bits per heavy atom. The first-order valence-corrected chi connectivity index (χ1v) is 5.52. The fourth-order valence-corrected chi connectivity index (χ4v) is 1.98. The van der Waals surface area contributed by atoms with Crippen LogP contribution in [0.15, 0.2) is 23.3 Å². The molecule has 2 nitrogen and oxygen atoms in total. The fourth-order valence-electron chi connectivity index (χ4n) is 1.59. The first-order valence-electron chi connectivity index (χ1n) is 4.73. The lowest BCUT2D eigenvalue weighted by Crippen LogP contribution is -1.95. The molecule has 0 saturated heterocycles. The van der Waals surface area contributed by atoms with Gasteiger partial charge in [0.2, 0.25) is 0 Å². The largest absolute Gasteiger partial charge is 0.497 e. The van der Waals surface area contributed by atoms with Gasteiger partial charge >= 0.3 is 0 Å². The van der Waals surface area contributed by atoms with Gasteiger partial charge < -0.3 is 4.74 Å². The molecular weight excluding hydrogens is 292 g/mol. The standard InChI is InChI=1S/C12H8BrF2NO/c1-3-7-8-4-6(17-2)5-9(14)11(8)16-12(13)10(7)15/h3-5H,1H2,2H3. The van der Waals surface area contributed by atoms with E-state index in [0.29, 0.717) is 11.1 Å². The third-order valence-electron chi connectivity index (χ3n) is 2.39. The lowest BCUT2D eigenvalue weighted by atomic mass is 10.1. The summed E-state index contributed by atoms with van der Waals surface area (Å²) in [5, 5.41) is 0.331. The molecule has 0 aliphatic carbocycles. The molecule has 0 aliphatic heterocycles.